The minimum Gasteiger partial charge on any atom is -0.375 e. The minimum atomic E-state index is 0.132. The van der Waals surface area contributed by atoms with Crippen LogP contribution in [0.3, 0.4) is 0 Å². The second kappa shape index (κ2) is 4.63. The summed E-state index contributed by atoms with van der Waals surface area (Å²) in [5, 5.41) is 0. The van der Waals surface area contributed by atoms with E-state index >= 15 is 0 Å². The molecule has 98 valence electrons. The van der Waals surface area contributed by atoms with E-state index in [4.69, 9.17) is 10.5 Å². The zero-order valence-corrected chi connectivity index (χ0v) is 11.1. The topological polar surface area (TPSA) is 48.1 Å². The number of aromatic nitrogens is 1. The summed E-state index contributed by atoms with van der Waals surface area (Å²) in [5.41, 5.74) is 8.91. The van der Waals surface area contributed by atoms with Crippen LogP contribution in [0.4, 0.5) is 0 Å². The summed E-state index contributed by atoms with van der Waals surface area (Å²) in [6, 6.07) is 4.31. The molecule has 0 aromatic carbocycles. The molecule has 1 aromatic rings. The van der Waals surface area contributed by atoms with Gasteiger partial charge >= 0.3 is 0 Å². The Balaban J connectivity index is 1.73. The van der Waals surface area contributed by atoms with Gasteiger partial charge in [-0.05, 0) is 62.6 Å². The first-order chi connectivity index (χ1) is 8.69. The van der Waals surface area contributed by atoms with Gasteiger partial charge in [0, 0.05) is 24.5 Å². The normalized spacial score (nSPS) is 27.8. The Bertz CT molecular complexity index is 428. The van der Waals surface area contributed by atoms with E-state index in [1.165, 1.54) is 24.8 Å². The van der Waals surface area contributed by atoms with Gasteiger partial charge in [0.25, 0.3) is 0 Å². The lowest BCUT2D eigenvalue weighted by Crippen LogP contribution is -2.47. The van der Waals surface area contributed by atoms with Crippen LogP contribution in [0, 0.1) is 12.8 Å². The molecule has 0 bridgehead atoms. The number of nitrogens with zero attached hydrogens (tertiary/aromatic N) is 1. The first kappa shape index (κ1) is 12.1. The largest absolute Gasteiger partial charge is 0.375 e. The minimum absolute atomic E-state index is 0.132. The number of rotatable bonds is 2. The van der Waals surface area contributed by atoms with Gasteiger partial charge in [0.2, 0.25) is 0 Å². The van der Waals surface area contributed by atoms with Crippen molar-refractivity contribution in [3.05, 3.63) is 29.6 Å². The summed E-state index contributed by atoms with van der Waals surface area (Å²) in [6.07, 6.45) is 7.86. The maximum Gasteiger partial charge on any atom is 0.0686 e. The predicted molar refractivity (Wildman–Crippen MR) is 71.2 cm³/mol. The highest BCUT2D eigenvalue weighted by molar-refractivity contribution is 5.20. The molecule has 1 saturated heterocycles. The van der Waals surface area contributed by atoms with Crippen molar-refractivity contribution in [1.82, 2.24) is 4.98 Å². The molecular formula is C15H22N2O. The summed E-state index contributed by atoms with van der Waals surface area (Å²) in [6.45, 7) is 2.90. The van der Waals surface area contributed by atoms with Crippen LogP contribution in [-0.4, -0.2) is 17.2 Å². The van der Waals surface area contributed by atoms with Gasteiger partial charge in [-0.2, -0.15) is 0 Å². The molecule has 2 atom stereocenters. The predicted octanol–water partition coefficient (Wildman–Crippen LogP) is 2.74. The van der Waals surface area contributed by atoms with E-state index in [0.717, 1.165) is 25.1 Å². The molecule has 1 aromatic heterocycles. The van der Waals surface area contributed by atoms with Gasteiger partial charge in [-0.25, -0.2) is 0 Å². The third kappa shape index (κ3) is 2.17. The molecule has 18 heavy (non-hydrogen) atoms. The molecule has 2 unspecified atom stereocenters. The summed E-state index contributed by atoms with van der Waals surface area (Å²) in [7, 11) is 0. The monoisotopic (exact) mass is 246 g/mol. The fraction of sp³-hybridized carbons (Fsp3) is 0.667. The van der Waals surface area contributed by atoms with Crippen molar-refractivity contribution < 1.29 is 4.74 Å². The van der Waals surface area contributed by atoms with Crippen molar-refractivity contribution in [2.24, 2.45) is 11.7 Å². The van der Waals surface area contributed by atoms with E-state index in [1.807, 2.05) is 13.1 Å². The molecule has 2 fully saturated rings. The lowest BCUT2D eigenvalue weighted by atomic mass is 9.70. The van der Waals surface area contributed by atoms with Crippen molar-refractivity contribution in [1.29, 1.82) is 0 Å². The van der Waals surface area contributed by atoms with Crippen molar-refractivity contribution in [2.45, 2.75) is 50.7 Å². The molecular weight excluding hydrogens is 224 g/mol. The van der Waals surface area contributed by atoms with Crippen LogP contribution in [0.2, 0.25) is 0 Å². The van der Waals surface area contributed by atoms with E-state index in [0.29, 0.717) is 5.92 Å². The van der Waals surface area contributed by atoms with Crippen LogP contribution in [0.1, 0.15) is 49.4 Å². The van der Waals surface area contributed by atoms with Gasteiger partial charge in [-0.3, -0.25) is 4.98 Å². The zero-order valence-electron chi connectivity index (χ0n) is 11.1. The van der Waals surface area contributed by atoms with E-state index in [-0.39, 0.29) is 11.6 Å². The first-order valence-corrected chi connectivity index (χ1v) is 7.01. The average molecular weight is 246 g/mol. The smallest absolute Gasteiger partial charge is 0.0686 e. The molecule has 1 saturated carbocycles. The van der Waals surface area contributed by atoms with Crippen molar-refractivity contribution >= 4 is 0 Å². The number of nitrogens with two attached hydrogens (primary N) is 1. The lowest BCUT2D eigenvalue weighted by Gasteiger charge is -2.48. The maximum absolute atomic E-state index is 6.46. The Morgan fingerprint density at radius 1 is 1.50 bits per heavy atom. The molecule has 3 rings (SSSR count). The van der Waals surface area contributed by atoms with E-state index in [9.17, 15) is 0 Å². The maximum atomic E-state index is 6.46. The summed E-state index contributed by atoms with van der Waals surface area (Å²) < 4.78 is 5.97. The van der Waals surface area contributed by atoms with Crippen LogP contribution in [0.5, 0.6) is 0 Å². The van der Waals surface area contributed by atoms with E-state index in [1.54, 1.807) is 0 Å². The SMILES string of the molecule is Cc1cc(C(N)C2CCOC3(CCC3)C2)ccn1. The molecule has 1 spiro atoms. The molecule has 0 amide bonds. The summed E-state index contributed by atoms with van der Waals surface area (Å²) in [5.74, 6) is 0.556. The number of hydrogen-bond acceptors (Lipinski definition) is 3. The Hall–Kier alpha value is -0.930. The van der Waals surface area contributed by atoms with E-state index < -0.39 is 0 Å². The Kier molecular flexibility index (Phi) is 3.12. The van der Waals surface area contributed by atoms with Crippen LogP contribution in [0.15, 0.2) is 18.3 Å². The third-order valence-electron chi connectivity index (χ3n) is 4.61. The Morgan fingerprint density at radius 3 is 3.00 bits per heavy atom. The van der Waals surface area contributed by atoms with Crippen molar-refractivity contribution in [2.75, 3.05) is 6.61 Å². The number of ether oxygens (including phenoxy) is 1. The molecule has 1 aliphatic carbocycles. The van der Waals surface area contributed by atoms with E-state index in [2.05, 4.69) is 17.1 Å². The van der Waals surface area contributed by atoms with Crippen LogP contribution in [-0.2, 0) is 4.74 Å². The molecule has 3 nitrogen and oxygen atoms in total. The van der Waals surface area contributed by atoms with Crippen molar-refractivity contribution in [3.8, 4) is 0 Å². The Morgan fingerprint density at radius 2 is 2.33 bits per heavy atom. The highest BCUT2D eigenvalue weighted by Crippen LogP contribution is 2.46. The third-order valence-corrected chi connectivity index (χ3v) is 4.61. The first-order valence-electron chi connectivity index (χ1n) is 7.01. The molecule has 2 heterocycles. The van der Waals surface area contributed by atoms with Gasteiger partial charge in [0.15, 0.2) is 0 Å². The molecule has 2 aliphatic rings. The van der Waals surface area contributed by atoms with Gasteiger partial charge < -0.3 is 10.5 Å². The second-order valence-corrected chi connectivity index (χ2v) is 5.89. The Labute approximate surface area is 109 Å². The van der Waals surface area contributed by atoms with Gasteiger partial charge in [-0.1, -0.05) is 0 Å². The quantitative estimate of drug-likeness (QED) is 0.873. The molecule has 1 aliphatic heterocycles. The number of pyridine rings is 1. The van der Waals surface area contributed by atoms with Crippen LogP contribution in [0.25, 0.3) is 0 Å². The highest BCUT2D eigenvalue weighted by atomic mass is 16.5. The average Bonchev–Trinajstić information content (AvgIpc) is 2.36. The fourth-order valence-corrected chi connectivity index (χ4v) is 3.34. The lowest BCUT2D eigenvalue weighted by molar-refractivity contribution is -0.146. The molecule has 3 heteroatoms. The van der Waals surface area contributed by atoms with Crippen LogP contribution < -0.4 is 5.73 Å². The molecule has 2 N–H and O–H groups in total. The van der Waals surface area contributed by atoms with Gasteiger partial charge in [-0.15, -0.1) is 0 Å². The van der Waals surface area contributed by atoms with Gasteiger partial charge in [0.05, 0.1) is 5.60 Å². The summed E-state index contributed by atoms with van der Waals surface area (Å²) >= 11 is 0. The van der Waals surface area contributed by atoms with Crippen molar-refractivity contribution in [3.63, 3.8) is 0 Å². The fourth-order valence-electron chi connectivity index (χ4n) is 3.34. The van der Waals surface area contributed by atoms with Crippen LogP contribution >= 0.6 is 0 Å². The summed E-state index contributed by atoms with van der Waals surface area (Å²) in [4.78, 5) is 4.24. The second-order valence-electron chi connectivity index (χ2n) is 5.89. The number of aryl methyl sites for hydroxylation is 1. The zero-order chi connectivity index (χ0) is 12.6. The highest BCUT2D eigenvalue weighted by Gasteiger charge is 2.43. The number of hydrogen-bond donors (Lipinski definition) is 1. The molecule has 0 radical (unpaired) electrons. The standard InChI is InChI=1S/C15H22N2O/c1-11-9-12(3-7-17-11)14(16)13-4-8-18-15(10-13)5-2-6-15/h3,7,9,13-14H,2,4-6,8,10,16H2,1H3. The van der Waals surface area contributed by atoms with Gasteiger partial charge in [0.1, 0.15) is 0 Å².